The Balaban J connectivity index is 0.00000256. The highest BCUT2D eigenvalue weighted by Crippen LogP contribution is 2.26. The monoisotopic (exact) mass is 523 g/mol. The number of aromatic nitrogens is 1. The number of aliphatic imine (C=N–C) groups is 1. The van der Waals surface area contributed by atoms with E-state index in [9.17, 15) is 0 Å². The van der Waals surface area contributed by atoms with Crippen LogP contribution in [0, 0.1) is 6.92 Å². The molecule has 1 aromatic heterocycles. The fourth-order valence-corrected chi connectivity index (χ4v) is 5.05. The number of benzene rings is 1. The zero-order valence-corrected chi connectivity index (χ0v) is 20.9. The molecule has 2 heterocycles. The van der Waals surface area contributed by atoms with Crippen LogP contribution in [0.4, 0.5) is 0 Å². The quantitative estimate of drug-likeness (QED) is 0.295. The number of fused-ring (bicyclic) bond motifs is 1. The van der Waals surface area contributed by atoms with Crippen molar-refractivity contribution < 1.29 is 0 Å². The van der Waals surface area contributed by atoms with Crippen LogP contribution in [0.2, 0.25) is 0 Å². The van der Waals surface area contributed by atoms with Gasteiger partial charge in [0.25, 0.3) is 0 Å². The van der Waals surface area contributed by atoms with Crippen molar-refractivity contribution in [3.63, 3.8) is 0 Å². The van der Waals surface area contributed by atoms with Gasteiger partial charge in [-0.3, -0.25) is 4.99 Å². The molecule has 0 spiro atoms. The highest BCUT2D eigenvalue weighted by atomic mass is 127. The van der Waals surface area contributed by atoms with Crippen molar-refractivity contribution in [2.75, 3.05) is 26.2 Å². The molecule has 1 aliphatic carbocycles. The molecule has 0 unspecified atom stereocenters. The second kappa shape index (κ2) is 11.4. The van der Waals surface area contributed by atoms with Crippen LogP contribution in [-0.4, -0.2) is 54.1 Å². The maximum Gasteiger partial charge on any atom is 0.191 e. The van der Waals surface area contributed by atoms with Gasteiger partial charge in [-0.05, 0) is 57.1 Å². The third-order valence-electron chi connectivity index (χ3n) is 6.72. The summed E-state index contributed by atoms with van der Waals surface area (Å²) in [6, 6.07) is 7.91. The molecule has 1 aliphatic heterocycles. The summed E-state index contributed by atoms with van der Waals surface area (Å²) in [4.78, 5) is 11.0. The number of nitrogens with one attached hydrogen (secondary N) is 3. The topological polar surface area (TPSA) is 55.5 Å². The first-order valence-corrected chi connectivity index (χ1v) is 11.6. The van der Waals surface area contributed by atoms with Crippen LogP contribution in [0.1, 0.15) is 56.6 Å². The maximum absolute atomic E-state index is 4.88. The number of halogens is 1. The average molecular weight is 524 g/mol. The normalized spacial score (nSPS) is 19.2. The van der Waals surface area contributed by atoms with Crippen molar-refractivity contribution in [2.24, 2.45) is 4.99 Å². The minimum Gasteiger partial charge on any atom is -0.361 e. The zero-order valence-electron chi connectivity index (χ0n) is 18.5. The van der Waals surface area contributed by atoms with E-state index in [2.05, 4.69) is 58.8 Å². The molecule has 2 aliphatic rings. The number of aryl methyl sites for hydroxylation is 1. The van der Waals surface area contributed by atoms with Crippen LogP contribution in [0.15, 0.2) is 29.4 Å². The summed E-state index contributed by atoms with van der Waals surface area (Å²) in [5.41, 5.74) is 3.91. The molecule has 5 nitrogen and oxygen atoms in total. The van der Waals surface area contributed by atoms with E-state index in [0.717, 1.165) is 31.5 Å². The molecule has 0 radical (unpaired) electrons. The molecular formula is C24H38IN5. The maximum atomic E-state index is 4.88. The Labute approximate surface area is 198 Å². The standard InChI is InChI=1S/C24H37N5.HI/c1-3-25-24(28-20-12-15-29(16-13-20)21-8-4-5-9-21)26-14-11-19-17-27-23-18(2)7-6-10-22(19)23;/h6-7,10,17,20-21,27H,3-5,8-9,11-16H2,1-2H3,(H2,25,26,28);1H. The number of likely N-dealkylation sites (tertiary alicyclic amines) is 1. The molecule has 6 heteroatoms. The van der Waals surface area contributed by atoms with E-state index in [1.54, 1.807) is 0 Å². The molecule has 3 N–H and O–H groups in total. The van der Waals surface area contributed by atoms with Gasteiger partial charge in [0.2, 0.25) is 0 Å². The van der Waals surface area contributed by atoms with Crippen LogP contribution in [-0.2, 0) is 6.42 Å². The van der Waals surface area contributed by atoms with E-state index in [-0.39, 0.29) is 24.0 Å². The molecule has 0 atom stereocenters. The molecule has 2 aromatic rings. The Hall–Kier alpha value is -1.28. The van der Waals surface area contributed by atoms with Crippen LogP contribution >= 0.6 is 24.0 Å². The predicted molar refractivity (Wildman–Crippen MR) is 138 cm³/mol. The largest absolute Gasteiger partial charge is 0.361 e. The van der Waals surface area contributed by atoms with Gasteiger partial charge in [-0.15, -0.1) is 24.0 Å². The Morgan fingerprint density at radius 1 is 1.17 bits per heavy atom. The number of H-pyrrole nitrogens is 1. The van der Waals surface area contributed by atoms with E-state index in [0.29, 0.717) is 6.04 Å². The molecule has 2 fully saturated rings. The number of nitrogens with zero attached hydrogens (tertiary/aromatic N) is 2. The lowest BCUT2D eigenvalue weighted by atomic mass is 10.0. The fraction of sp³-hybridized carbons (Fsp3) is 0.625. The van der Waals surface area contributed by atoms with Crippen molar-refractivity contribution in [1.29, 1.82) is 0 Å². The van der Waals surface area contributed by atoms with Gasteiger partial charge < -0.3 is 20.5 Å². The van der Waals surface area contributed by atoms with E-state index in [1.165, 1.54) is 73.6 Å². The lowest BCUT2D eigenvalue weighted by Crippen LogP contribution is -2.50. The minimum absolute atomic E-state index is 0. The number of guanidine groups is 1. The molecule has 0 amide bonds. The third-order valence-corrected chi connectivity index (χ3v) is 6.72. The van der Waals surface area contributed by atoms with Crippen molar-refractivity contribution in [2.45, 2.75) is 70.9 Å². The Morgan fingerprint density at radius 2 is 1.93 bits per heavy atom. The van der Waals surface area contributed by atoms with E-state index in [1.807, 2.05) is 0 Å². The van der Waals surface area contributed by atoms with Crippen LogP contribution in [0.25, 0.3) is 10.9 Å². The summed E-state index contributed by atoms with van der Waals surface area (Å²) in [6.07, 6.45) is 11.2. The average Bonchev–Trinajstić information content (AvgIpc) is 3.40. The first-order valence-electron chi connectivity index (χ1n) is 11.6. The summed E-state index contributed by atoms with van der Waals surface area (Å²) in [5, 5.41) is 8.47. The second-order valence-corrected chi connectivity index (χ2v) is 8.71. The lowest BCUT2D eigenvalue weighted by Gasteiger charge is -2.36. The van der Waals surface area contributed by atoms with Crippen LogP contribution in [0.5, 0.6) is 0 Å². The number of hydrogen-bond donors (Lipinski definition) is 3. The lowest BCUT2D eigenvalue weighted by molar-refractivity contribution is 0.150. The first kappa shape index (κ1) is 23.4. The summed E-state index contributed by atoms with van der Waals surface area (Å²) < 4.78 is 0. The van der Waals surface area contributed by atoms with Gasteiger partial charge in [-0.1, -0.05) is 31.0 Å². The third kappa shape index (κ3) is 5.69. The summed E-state index contributed by atoms with van der Waals surface area (Å²) in [7, 11) is 0. The number of hydrogen-bond acceptors (Lipinski definition) is 2. The molecule has 4 rings (SSSR count). The van der Waals surface area contributed by atoms with Gasteiger partial charge in [-0.2, -0.15) is 0 Å². The number of piperidine rings is 1. The second-order valence-electron chi connectivity index (χ2n) is 8.71. The molecule has 1 aromatic carbocycles. The first-order chi connectivity index (χ1) is 14.2. The molecule has 30 heavy (non-hydrogen) atoms. The minimum atomic E-state index is 0. The van der Waals surface area contributed by atoms with Crippen molar-refractivity contribution in [3.05, 3.63) is 35.5 Å². The van der Waals surface area contributed by atoms with Gasteiger partial charge in [0.15, 0.2) is 5.96 Å². The highest BCUT2D eigenvalue weighted by Gasteiger charge is 2.27. The van der Waals surface area contributed by atoms with Crippen molar-refractivity contribution in [1.82, 2.24) is 20.5 Å². The van der Waals surface area contributed by atoms with Gasteiger partial charge in [0, 0.05) is 55.4 Å². The van der Waals surface area contributed by atoms with Crippen molar-refractivity contribution in [3.8, 4) is 0 Å². The van der Waals surface area contributed by atoms with Crippen LogP contribution < -0.4 is 10.6 Å². The van der Waals surface area contributed by atoms with Gasteiger partial charge in [-0.25, -0.2) is 0 Å². The fourth-order valence-electron chi connectivity index (χ4n) is 5.05. The van der Waals surface area contributed by atoms with E-state index < -0.39 is 0 Å². The van der Waals surface area contributed by atoms with E-state index >= 15 is 0 Å². The Morgan fingerprint density at radius 3 is 2.67 bits per heavy atom. The molecule has 1 saturated carbocycles. The van der Waals surface area contributed by atoms with Crippen LogP contribution in [0.3, 0.4) is 0 Å². The summed E-state index contributed by atoms with van der Waals surface area (Å²) in [5.74, 6) is 0.975. The number of rotatable bonds is 6. The van der Waals surface area contributed by atoms with Gasteiger partial charge >= 0.3 is 0 Å². The molecule has 166 valence electrons. The highest BCUT2D eigenvalue weighted by molar-refractivity contribution is 14.0. The SMILES string of the molecule is CCNC(=NCCc1c[nH]c2c(C)cccc12)NC1CCN(C2CCCC2)CC1.I. The zero-order chi connectivity index (χ0) is 20.1. The van der Waals surface area contributed by atoms with E-state index in [4.69, 9.17) is 4.99 Å². The predicted octanol–water partition coefficient (Wildman–Crippen LogP) is 4.60. The smallest absolute Gasteiger partial charge is 0.191 e. The Bertz CT molecular complexity index is 816. The number of para-hydroxylation sites is 1. The molecular weight excluding hydrogens is 485 g/mol. The molecule has 1 saturated heterocycles. The summed E-state index contributed by atoms with van der Waals surface area (Å²) >= 11 is 0. The van der Waals surface area contributed by atoms with Gasteiger partial charge in [0.1, 0.15) is 0 Å². The Kier molecular flexibility index (Phi) is 8.86. The van der Waals surface area contributed by atoms with Crippen molar-refractivity contribution >= 4 is 40.8 Å². The number of aromatic amines is 1. The summed E-state index contributed by atoms with van der Waals surface area (Å²) in [6.45, 7) is 8.47. The molecule has 0 bridgehead atoms. The van der Waals surface area contributed by atoms with Gasteiger partial charge in [0.05, 0.1) is 0 Å².